The highest BCUT2D eigenvalue weighted by Crippen LogP contribution is 2.28. The fourth-order valence-electron chi connectivity index (χ4n) is 2.25. The topological polar surface area (TPSA) is 159 Å². The second-order valence-electron chi connectivity index (χ2n) is 5.01. The minimum absolute atomic E-state index is 0.0243. The smallest absolute Gasteiger partial charge is 0.261 e. The molecule has 0 spiro atoms. The monoisotopic (exact) mass is 325 g/mol. The van der Waals surface area contributed by atoms with E-state index in [1.165, 1.54) is 0 Å². The van der Waals surface area contributed by atoms with Gasteiger partial charge in [-0.1, -0.05) is 35.5 Å². The molecule has 0 radical (unpaired) electrons. The van der Waals surface area contributed by atoms with Gasteiger partial charge in [-0.15, -0.1) is 0 Å². The van der Waals surface area contributed by atoms with Crippen LogP contribution in [0.2, 0.25) is 0 Å². The number of carbonyl (C=O) groups excluding carboxylic acids is 1. The molecule has 0 fully saturated rings. The first-order valence-corrected chi connectivity index (χ1v) is 6.99. The average Bonchev–Trinajstić information content (AvgIpc) is 2.93. The molecular weight excluding hydrogens is 310 g/mol. The van der Waals surface area contributed by atoms with Crippen LogP contribution in [-0.4, -0.2) is 21.0 Å². The first kappa shape index (κ1) is 15.3. The van der Waals surface area contributed by atoms with Gasteiger partial charge in [0.2, 0.25) is 5.95 Å². The van der Waals surface area contributed by atoms with Gasteiger partial charge in [-0.05, 0) is 6.92 Å². The fraction of sp³-hybridized carbons (Fsp3) is 0.0667. The number of anilines is 4. The number of nitrogens with zero attached hydrogens (tertiary/aromatic N) is 3. The van der Waals surface area contributed by atoms with Crippen LogP contribution < -0.4 is 22.5 Å². The standard InChI is InChI=1S/C15H15N7O2/c1-7-9(10(22-24-7)8-5-3-2-4-6-8)14(23)19-11-12(16)20-15(18)21-13(11)17/h2-6H,1H3,(H,19,23)(H6,16,17,18,20,21). The summed E-state index contributed by atoms with van der Waals surface area (Å²) in [6, 6.07) is 9.19. The van der Waals surface area contributed by atoms with Crippen molar-refractivity contribution in [3.05, 3.63) is 41.7 Å². The Hall–Kier alpha value is -3.62. The number of benzene rings is 1. The Morgan fingerprint density at radius 3 is 2.33 bits per heavy atom. The lowest BCUT2D eigenvalue weighted by Gasteiger charge is -2.10. The van der Waals surface area contributed by atoms with Crippen LogP contribution in [0.5, 0.6) is 0 Å². The van der Waals surface area contributed by atoms with Gasteiger partial charge in [0.25, 0.3) is 5.91 Å². The zero-order valence-electron chi connectivity index (χ0n) is 12.8. The third kappa shape index (κ3) is 2.70. The number of aromatic nitrogens is 3. The Kier molecular flexibility index (Phi) is 3.74. The van der Waals surface area contributed by atoms with Crippen LogP contribution in [0.25, 0.3) is 11.3 Å². The number of amides is 1. The van der Waals surface area contributed by atoms with Gasteiger partial charge in [-0.2, -0.15) is 9.97 Å². The molecule has 0 aliphatic rings. The number of rotatable bonds is 3. The van der Waals surface area contributed by atoms with Crippen molar-refractivity contribution in [3.63, 3.8) is 0 Å². The summed E-state index contributed by atoms with van der Waals surface area (Å²) in [4.78, 5) is 20.2. The summed E-state index contributed by atoms with van der Waals surface area (Å²) in [6.07, 6.45) is 0. The molecule has 1 amide bonds. The van der Waals surface area contributed by atoms with E-state index < -0.39 is 5.91 Å². The van der Waals surface area contributed by atoms with Crippen molar-refractivity contribution in [2.45, 2.75) is 6.92 Å². The first-order chi connectivity index (χ1) is 11.5. The van der Waals surface area contributed by atoms with E-state index in [-0.39, 0.29) is 28.8 Å². The molecule has 0 saturated carbocycles. The SMILES string of the molecule is Cc1onc(-c2ccccc2)c1C(=O)Nc1c(N)nc(N)nc1N. The summed E-state index contributed by atoms with van der Waals surface area (Å²) in [5.74, 6) is -0.249. The Morgan fingerprint density at radius 2 is 1.71 bits per heavy atom. The molecule has 9 nitrogen and oxygen atoms in total. The van der Waals surface area contributed by atoms with E-state index in [4.69, 9.17) is 21.7 Å². The predicted octanol–water partition coefficient (Wildman–Crippen LogP) is 1.44. The maximum atomic E-state index is 12.7. The van der Waals surface area contributed by atoms with Gasteiger partial charge in [-0.3, -0.25) is 4.79 Å². The molecule has 0 bridgehead atoms. The molecule has 0 unspecified atom stereocenters. The van der Waals surface area contributed by atoms with Crippen LogP contribution >= 0.6 is 0 Å². The number of hydrogen-bond acceptors (Lipinski definition) is 8. The van der Waals surface area contributed by atoms with Gasteiger partial charge < -0.3 is 27.0 Å². The van der Waals surface area contributed by atoms with Crippen molar-refractivity contribution in [1.82, 2.24) is 15.1 Å². The van der Waals surface area contributed by atoms with Gasteiger partial charge in [0.15, 0.2) is 11.6 Å². The van der Waals surface area contributed by atoms with Crippen LogP contribution in [0.4, 0.5) is 23.3 Å². The molecule has 7 N–H and O–H groups in total. The van der Waals surface area contributed by atoms with Crippen molar-refractivity contribution >= 4 is 29.2 Å². The number of nitrogens with one attached hydrogen (secondary N) is 1. The van der Waals surface area contributed by atoms with Gasteiger partial charge in [-0.25, -0.2) is 0 Å². The fourth-order valence-corrected chi connectivity index (χ4v) is 2.25. The van der Waals surface area contributed by atoms with E-state index in [0.717, 1.165) is 5.56 Å². The lowest BCUT2D eigenvalue weighted by molar-refractivity contribution is 0.102. The van der Waals surface area contributed by atoms with Gasteiger partial charge in [0.05, 0.1) is 0 Å². The van der Waals surface area contributed by atoms with E-state index in [1.807, 2.05) is 30.3 Å². The van der Waals surface area contributed by atoms with Crippen LogP contribution in [-0.2, 0) is 0 Å². The van der Waals surface area contributed by atoms with Crippen molar-refractivity contribution in [2.24, 2.45) is 0 Å². The van der Waals surface area contributed by atoms with Crippen LogP contribution in [0, 0.1) is 6.92 Å². The largest absolute Gasteiger partial charge is 0.382 e. The van der Waals surface area contributed by atoms with E-state index in [1.54, 1.807) is 6.92 Å². The Balaban J connectivity index is 1.99. The van der Waals surface area contributed by atoms with Crippen molar-refractivity contribution in [3.8, 4) is 11.3 Å². The van der Waals surface area contributed by atoms with E-state index in [9.17, 15) is 4.79 Å². The molecule has 3 aromatic rings. The zero-order chi connectivity index (χ0) is 17.3. The summed E-state index contributed by atoms with van der Waals surface area (Å²) in [5.41, 5.74) is 18.5. The average molecular weight is 325 g/mol. The summed E-state index contributed by atoms with van der Waals surface area (Å²) in [6.45, 7) is 1.64. The van der Waals surface area contributed by atoms with E-state index in [2.05, 4.69) is 20.4 Å². The third-order valence-corrected chi connectivity index (χ3v) is 3.36. The molecule has 0 saturated heterocycles. The van der Waals surface area contributed by atoms with Gasteiger partial charge in [0, 0.05) is 5.56 Å². The molecule has 122 valence electrons. The minimum atomic E-state index is -0.487. The molecule has 1 aromatic carbocycles. The summed E-state index contributed by atoms with van der Waals surface area (Å²) < 4.78 is 5.16. The van der Waals surface area contributed by atoms with Crippen molar-refractivity contribution in [1.29, 1.82) is 0 Å². The highest BCUT2D eigenvalue weighted by Gasteiger charge is 2.23. The third-order valence-electron chi connectivity index (χ3n) is 3.36. The van der Waals surface area contributed by atoms with Gasteiger partial charge >= 0.3 is 0 Å². The minimum Gasteiger partial charge on any atom is -0.382 e. The highest BCUT2D eigenvalue weighted by molar-refractivity contribution is 6.10. The zero-order valence-corrected chi connectivity index (χ0v) is 12.8. The molecule has 0 aliphatic carbocycles. The van der Waals surface area contributed by atoms with Crippen LogP contribution in [0.15, 0.2) is 34.9 Å². The lowest BCUT2D eigenvalue weighted by atomic mass is 10.1. The number of hydrogen-bond donors (Lipinski definition) is 4. The Labute approximate surface area is 136 Å². The summed E-state index contributed by atoms with van der Waals surface area (Å²) in [7, 11) is 0. The first-order valence-electron chi connectivity index (χ1n) is 6.99. The number of nitrogens with two attached hydrogens (primary N) is 3. The number of nitrogen functional groups attached to an aromatic ring is 3. The molecular formula is C15H15N7O2. The quantitative estimate of drug-likeness (QED) is 0.562. The molecule has 2 heterocycles. The number of carbonyl (C=O) groups is 1. The maximum Gasteiger partial charge on any atom is 0.261 e. The van der Waals surface area contributed by atoms with Gasteiger partial charge in [0.1, 0.15) is 22.7 Å². The molecule has 2 aromatic heterocycles. The van der Waals surface area contributed by atoms with Crippen molar-refractivity contribution < 1.29 is 9.32 Å². The molecule has 0 atom stereocenters. The van der Waals surface area contributed by atoms with Crippen molar-refractivity contribution in [2.75, 3.05) is 22.5 Å². The van der Waals surface area contributed by atoms with E-state index >= 15 is 0 Å². The maximum absolute atomic E-state index is 12.7. The molecule has 9 heteroatoms. The Bertz CT molecular complexity index is 882. The van der Waals surface area contributed by atoms with Crippen LogP contribution in [0.3, 0.4) is 0 Å². The second-order valence-corrected chi connectivity index (χ2v) is 5.01. The van der Waals surface area contributed by atoms with Crippen LogP contribution in [0.1, 0.15) is 16.1 Å². The molecule has 0 aliphatic heterocycles. The number of aryl methyl sites for hydroxylation is 1. The predicted molar refractivity (Wildman–Crippen MR) is 89.9 cm³/mol. The molecule has 3 rings (SSSR count). The van der Waals surface area contributed by atoms with E-state index in [0.29, 0.717) is 11.5 Å². The summed E-state index contributed by atoms with van der Waals surface area (Å²) in [5, 5.41) is 6.55. The lowest BCUT2D eigenvalue weighted by Crippen LogP contribution is -2.18. The normalized spacial score (nSPS) is 10.5. The Morgan fingerprint density at radius 1 is 1.08 bits per heavy atom. The highest BCUT2D eigenvalue weighted by atomic mass is 16.5. The second kappa shape index (κ2) is 5.88. The molecule has 24 heavy (non-hydrogen) atoms. The summed E-state index contributed by atoms with van der Waals surface area (Å²) >= 11 is 0.